The highest BCUT2D eigenvalue weighted by Gasteiger charge is 2.35. The van der Waals surface area contributed by atoms with Gasteiger partial charge in [-0.1, -0.05) is 11.6 Å². The lowest BCUT2D eigenvalue weighted by Crippen LogP contribution is -2.57. The SMILES string of the molecule is O=C(O)CC1C(=O)NCCN1C(=O)c1ccc(Cl)c(F)c1. The zero-order valence-electron chi connectivity index (χ0n) is 10.8. The first-order valence-electron chi connectivity index (χ1n) is 6.15. The average molecular weight is 315 g/mol. The van der Waals surface area contributed by atoms with Gasteiger partial charge in [-0.2, -0.15) is 0 Å². The molecule has 6 nitrogen and oxygen atoms in total. The van der Waals surface area contributed by atoms with Gasteiger partial charge in [0.05, 0.1) is 11.4 Å². The zero-order chi connectivity index (χ0) is 15.6. The number of carbonyl (C=O) groups is 3. The van der Waals surface area contributed by atoms with E-state index in [2.05, 4.69) is 5.32 Å². The van der Waals surface area contributed by atoms with E-state index in [9.17, 15) is 18.8 Å². The Morgan fingerprint density at radius 1 is 1.48 bits per heavy atom. The Morgan fingerprint density at radius 2 is 2.19 bits per heavy atom. The molecule has 1 aromatic carbocycles. The van der Waals surface area contributed by atoms with E-state index in [0.717, 1.165) is 11.0 Å². The van der Waals surface area contributed by atoms with Crippen molar-refractivity contribution in [3.05, 3.63) is 34.6 Å². The largest absolute Gasteiger partial charge is 0.481 e. The van der Waals surface area contributed by atoms with Gasteiger partial charge in [0, 0.05) is 18.7 Å². The fourth-order valence-electron chi connectivity index (χ4n) is 2.12. The van der Waals surface area contributed by atoms with E-state index < -0.39 is 36.1 Å². The molecular formula is C13H12ClFN2O4. The van der Waals surface area contributed by atoms with Crippen molar-refractivity contribution >= 4 is 29.4 Å². The zero-order valence-corrected chi connectivity index (χ0v) is 11.6. The monoisotopic (exact) mass is 314 g/mol. The van der Waals surface area contributed by atoms with Crippen LogP contribution < -0.4 is 5.32 Å². The van der Waals surface area contributed by atoms with E-state index in [1.807, 2.05) is 0 Å². The van der Waals surface area contributed by atoms with Crippen molar-refractivity contribution in [3.63, 3.8) is 0 Å². The number of benzene rings is 1. The summed E-state index contributed by atoms with van der Waals surface area (Å²) in [6, 6.07) is 2.43. The Kier molecular flexibility index (Phi) is 4.42. The molecule has 1 atom stereocenters. The standard InChI is InChI=1S/C13H12ClFN2O4/c14-8-2-1-7(5-9(8)15)13(21)17-4-3-16-12(20)10(17)6-11(18)19/h1-2,5,10H,3-4,6H2,(H,16,20)(H,18,19). The summed E-state index contributed by atoms with van der Waals surface area (Å²) < 4.78 is 13.4. The van der Waals surface area contributed by atoms with E-state index >= 15 is 0 Å². The number of carboxylic acids is 1. The second kappa shape index (κ2) is 6.09. The van der Waals surface area contributed by atoms with Gasteiger partial charge < -0.3 is 15.3 Å². The molecule has 0 spiro atoms. The first kappa shape index (κ1) is 15.2. The second-order valence-corrected chi connectivity index (χ2v) is 4.94. The smallest absolute Gasteiger partial charge is 0.305 e. The lowest BCUT2D eigenvalue weighted by atomic mass is 10.1. The molecule has 1 saturated heterocycles. The summed E-state index contributed by atoms with van der Waals surface area (Å²) >= 11 is 5.55. The van der Waals surface area contributed by atoms with Crippen LogP contribution >= 0.6 is 11.6 Å². The van der Waals surface area contributed by atoms with Crippen LogP contribution in [0, 0.1) is 5.82 Å². The minimum Gasteiger partial charge on any atom is -0.481 e. The van der Waals surface area contributed by atoms with Crippen molar-refractivity contribution in [2.24, 2.45) is 0 Å². The van der Waals surface area contributed by atoms with Crippen LogP contribution in [0.3, 0.4) is 0 Å². The normalized spacial score (nSPS) is 18.3. The minimum atomic E-state index is -1.20. The summed E-state index contributed by atoms with van der Waals surface area (Å²) in [6.45, 7) is 0.379. The van der Waals surface area contributed by atoms with Crippen molar-refractivity contribution in [2.75, 3.05) is 13.1 Å². The summed E-state index contributed by atoms with van der Waals surface area (Å²) in [6.07, 6.45) is -0.506. The molecule has 1 unspecified atom stereocenters. The minimum absolute atomic E-state index is 0.0157. The summed E-state index contributed by atoms with van der Waals surface area (Å²) in [5, 5.41) is 11.2. The molecule has 21 heavy (non-hydrogen) atoms. The van der Waals surface area contributed by atoms with Gasteiger partial charge in [-0.05, 0) is 18.2 Å². The molecule has 2 rings (SSSR count). The summed E-state index contributed by atoms with van der Waals surface area (Å²) in [7, 11) is 0. The molecule has 0 aromatic heterocycles. The van der Waals surface area contributed by atoms with Crippen LogP contribution in [0.15, 0.2) is 18.2 Å². The van der Waals surface area contributed by atoms with Gasteiger partial charge in [-0.25, -0.2) is 4.39 Å². The summed E-state index contributed by atoms with van der Waals surface area (Å²) in [5.41, 5.74) is 0.0157. The van der Waals surface area contributed by atoms with Gasteiger partial charge in [0.25, 0.3) is 5.91 Å². The first-order valence-corrected chi connectivity index (χ1v) is 6.53. The Bertz CT molecular complexity index is 608. The third kappa shape index (κ3) is 3.30. The van der Waals surface area contributed by atoms with Crippen LogP contribution in [-0.2, 0) is 9.59 Å². The topological polar surface area (TPSA) is 86.7 Å². The second-order valence-electron chi connectivity index (χ2n) is 4.53. The highest BCUT2D eigenvalue weighted by molar-refractivity contribution is 6.30. The van der Waals surface area contributed by atoms with Gasteiger partial charge in [0.2, 0.25) is 5.91 Å². The number of hydrogen-bond donors (Lipinski definition) is 2. The van der Waals surface area contributed by atoms with Crippen LogP contribution in [0.25, 0.3) is 0 Å². The molecule has 8 heteroatoms. The van der Waals surface area contributed by atoms with Crippen molar-refractivity contribution in [2.45, 2.75) is 12.5 Å². The van der Waals surface area contributed by atoms with Crippen molar-refractivity contribution in [3.8, 4) is 0 Å². The number of hydrogen-bond acceptors (Lipinski definition) is 3. The Hall–Kier alpha value is -2.15. The first-order chi connectivity index (χ1) is 9.90. The van der Waals surface area contributed by atoms with Gasteiger partial charge in [-0.15, -0.1) is 0 Å². The number of amides is 2. The van der Waals surface area contributed by atoms with Crippen molar-refractivity contribution in [1.29, 1.82) is 0 Å². The van der Waals surface area contributed by atoms with E-state index in [-0.39, 0.29) is 23.7 Å². The number of halogens is 2. The van der Waals surface area contributed by atoms with E-state index in [4.69, 9.17) is 16.7 Å². The van der Waals surface area contributed by atoms with Crippen LogP contribution in [0.4, 0.5) is 4.39 Å². The number of piperazine rings is 1. The Morgan fingerprint density at radius 3 is 2.81 bits per heavy atom. The quantitative estimate of drug-likeness (QED) is 0.867. The van der Waals surface area contributed by atoms with Gasteiger partial charge in [-0.3, -0.25) is 14.4 Å². The molecule has 112 valence electrons. The van der Waals surface area contributed by atoms with Gasteiger partial charge >= 0.3 is 5.97 Å². The predicted molar refractivity (Wildman–Crippen MR) is 71.5 cm³/mol. The van der Waals surface area contributed by atoms with Crippen LogP contribution in [0.1, 0.15) is 16.8 Å². The average Bonchev–Trinajstić information content (AvgIpc) is 2.43. The fourth-order valence-corrected chi connectivity index (χ4v) is 2.24. The summed E-state index contributed by atoms with van der Waals surface area (Å²) in [4.78, 5) is 36.0. The molecule has 1 aromatic rings. The highest BCUT2D eigenvalue weighted by atomic mass is 35.5. The van der Waals surface area contributed by atoms with E-state index in [1.165, 1.54) is 12.1 Å². The molecule has 1 aliphatic heterocycles. The lowest BCUT2D eigenvalue weighted by molar-refractivity contribution is -0.142. The van der Waals surface area contributed by atoms with Crippen LogP contribution in [0.2, 0.25) is 5.02 Å². The van der Waals surface area contributed by atoms with Gasteiger partial charge in [0.15, 0.2) is 0 Å². The molecule has 1 aliphatic rings. The predicted octanol–water partition coefficient (Wildman–Crippen LogP) is 0.894. The number of rotatable bonds is 3. The molecule has 0 radical (unpaired) electrons. The lowest BCUT2D eigenvalue weighted by Gasteiger charge is -2.34. The van der Waals surface area contributed by atoms with E-state index in [1.54, 1.807) is 0 Å². The van der Waals surface area contributed by atoms with E-state index in [0.29, 0.717) is 0 Å². The molecule has 2 N–H and O–H groups in total. The molecule has 0 bridgehead atoms. The number of nitrogens with one attached hydrogen (secondary N) is 1. The van der Waals surface area contributed by atoms with Crippen LogP contribution in [0.5, 0.6) is 0 Å². The Labute approximate surface area is 124 Å². The maximum atomic E-state index is 13.4. The highest BCUT2D eigenvalue weighted by Crippen LogP contribution is 2.19. The summed E-state index contributed by atoms with van der Waals surface area (Å²) in [5.74, 6) is -3.09. The molecular weight excluding hydrogens is 303 g/mol. The van der Waals surface area contributed by atoms with Gasteiger partial charge in [0.1, 0.15) is 11.9 Å². The third-order valence-corrected chi connectivity index (χ3v) is 3.43. The maximum Gasteiger partial charge on any atom is 0.305 e. The van der Waals surface area contributed by atoms with Crippen molar-refractivity contribution in [1.82, 2.24) is 10.2 Å². The molecule has 0 saturated carbocycles. The third-order valence-electron chi connectivity index (χ3n) is 3.13. The fraction of sp³-hybridized carbons (Fsp3) is 0.308. The number of nitrogens with zero attached hydrogens (tertiary/aromatic N) is 1. The molecule has 2 amide bonds. The molecule has 0 aliphatic carbocycles. The van der Waals surface area contributed by atoms with Crippen LogP contribution in [-0.4, -0.2) is 46.9 Å². The Balaban J connectivity index is 2.27. The maximum absolute atomic E-state index is 13.4. The molecule has 1 fully saturated rings. The molecule has 1 heterocycles. The number of carbonyl (C=O) groups excluding carboxylic acids is 2. The number of aliphatic carboxylic acids is 1. The number of carboxylic acid groups (broad SMARTS) is 1. The van der Waals surface area contributed by atoms with Crippen molar-refractivity contribution < 1.29 is 23.9 Å².